The smallest absolute Gasteiger partial charge is 0.306 e. The summed E-state index contributed by atoms with van der Waals surface area (Å²) >= 11 is 0. The monoisotopic (exact) mass is 440 g/mol. The van der Waals surface area contributed by atoms with Crippen LogP contribution in [0.4, 0.5) is 5.69 Å². The summed E-state index contributed by atoms with van der Waals surface area (Å²) in [5.74, 6) is -0.801. The second-order valence-electron chi connectivity index (χ2n) is 6.75. The number of aliphatic imine (C=N–C) groups is 1. The van der Waals surface area contributed by atoms with Gasteiger partial charge in [-0.1, -0.05) is 12.1 Å². The van der Waals surface area contributed by atoms with Crippen molar-refractivity contribution in [3.05, 3.63) is 59.7 Å². The Balaban J connectivity index is 1.45. The molecule has 1 amide bonds. The van der Waals surface area contributed by atoms with Crippen LogP contribution < -0.4 is 10.0 Å². The van der Waals surface area contributed by atoms with E-state index >= 15 is 0 Å². The molecule has 0 aliphatic carbocycles. The molecule has 1 atom stereocenters. The molecule has 9 nitrogen and oxygen atoms in total. The van der Waals surface area contributed by atoms with Crippen LogP contribution >= 0.6 is 0 Å². The van der Waals surface area contributed by atoms with E-state index in [0.29, 0.717) is 23.2 Å². The summed E-state index contributed by atoms with van der Waals surface area (Å²) in [5, 5.41) is 11.4. The molecule has 1 aliphatic heterocycles. The minimum Gasteiger partial charge on any atom is -0.453 e. The molecule has 0 aromatic heterocycles. The van der Waals surface area contributed by atoms with Crippen LogP contribution in [0.1, 0.15) is 30.9 Å². The van der Waals surface area contributed by atoms with E-state index in [0.717, 1.165) is 0 Å². The van der Waals surface area contributed by atoms with Gasteiger partial charge < -0.3 is 10.1 Å². The quantitative estimate of drug-likeness (QED) is 0.499. The molecule has 10 heteroatoms. The van der Waals surface area contributed by atoms with Gasteiger partial charge in [-0.2, -0.15) is 5.26 Å². The van der Waals surface area contributed by atoms with Gasteiger partial charge in [-0.05, 0) is 49.7 Å². The summed E-state index contributed by atoms with van der Waals surface area (Å²) in [6.45, 7) is 1.68. The van der Waals surface area contributed by atoms with E-state index < -0.39 is 28.0 Å². The van der Waals surface area contributed by atoms with Gasteiger partial charge in [-0.25, -0.2) is 8.42 Å². The van der Waals surface area contributed by atoms with Gasteiger partial charge in [0.05, 0.1) is 16.5 Å². The second kappa shape index (κ2) is 9.40. The number of amides is 1. The normalized spacial score (nSPS) is 15.9. The number of nitrogens with zero attached hydrogens (tertiary/aromatic N) is 2. The van der Waals surface area contributed by atoms with Gasteiger partial charge in [-0.3, -0.25) is 19.3 Å². The summed E-state index contributed by atoms with van der Waals surface area (Å²) in [6, 6.07) is 14.8. The number of rotatable bonds is 7. The number of carbonyl (C=O) groups is 2. The Bertz CT molecular complexity index is 1170. The Morgan fingerprint density at radius 2 is 1.90 bits per heavy atom. The molecule has 0 unspecified atom stereocenters. The lowest BCUT2D eigenvalue weighted by molar-refractivity contribution is -0.153. The molecule has 1 heterocycles. The molecule has 0 saturated carbocycles. The lowest BCUT2D eigenvalue weighted by atomic mass is 10.2. The van der Waals surface area contributed by atoms with Gasteiger partial charge in [0.2, 0.25) is 0 Å². The number of hydrogen-bond donors (Lipinski definition) is 2. The molecule has 31 heavy (non-hydrogen) atoms. The third-order valence-corrected chi connectivity index (χ3v) is 5.83. The Labute approximate surface area is 179 Å². The third-order valence-electron chi connectivity index (χ3n) is 4.43. The Kier molecular flexibility index (Phi) is 6.67. The summed E-state index contributed by atoms with van der Waals surface area (Å²) < 4.78 is 31.6. The van der Waals surface area contributed by atoms with E-state index in [-0.39, 0.29) is 23.7 Å². The number of hydrogen-bond acceptors (Lipinski definition) is 7. The topological polar surface area (TPSA) is 138 Å². The van der Waals surface area contributed by atoms with Gasteiger partial charge in [0.15, 0.2) is 6.10 Å². The zero-order valence-electron chi connectivity index (χ0n) is 16.7. The number of anilines is 1. The number of sulfonamides is 1. The molecule has 0 radical (unpaired) electrons. The Hall–Kier alpha value is -3.71. The van der Waals surface area contributed by atoms with Crippen molar-refractivity contribution in [2.45, 2.75) is 30.8 Å². The summed E-state index contributed by atoms with van der Waals surface area (Å²) in [5.41, 5.74) is 1.45. The fraction of sp³-hybridized carbons (Fsp3) is 0.238. The van der Waals surface area contributed by atoms with E-state index in [9.17, 15) is 18.0 Å². The lowest BCUT2D eigenvalue weighted by Gasteiger charge is -2.13. The molecule has 0 saturated heterocycles. The lowest BCUT2D eigenvalue weighted by Crippen LogP contribution is -2.30. The zero-order valence-corrected chi connectivity index (χ0v) is 17.5. The first-order chi connectivity index (χ1) is 14.8. The van der Waals surface area contributed by atoms with Gasteiger partial charge in [0.1, 0.15) is 5.84 Å². The molecule has 2 N–H and O–H groups in total. The molecule has 160 valence electrons. The number of fused-ring (bicyclic) bond motifs is 1. The highest BCUT2D eigenvalue weighted by Crippen LogP contribution is 2.22. The van der Waals surface area contributed by atoms with Crippen molar-refractivity contribution in [3.63, 3.8) is 0 Å². The number of nitriles is 1. The highest BCUT2D eigenvalue weighted by molar-refractivity contribution is 7.90. The maximum atomic E-state index is 12.1. The summed E-state index contributed by atoms with van der Waals surface area (Å²) in [4.78, 5) is 28.5. The fourth-order valence-electron chi connectivity index (χ4n) is 2.85. The van der Waals surface area contributed by atoms with Crippen LogP contribution in [0.25, 0.3) is 0 Å². The minimum absolute atomic E-state index is 0.0274. The van der Waals surface area contributed by atoms with Crippen molar-refractivity contribution in [2.24, 2.45) is 4.99 Å². The van der Waals surface area contributed by atoms with Crippen LogP contribution in [0.2, 0.25) is 0 Å². The van der Waals surface area contributed by atoms with Gasteiger partial charge in [0.25, 0.3) is 15.9 Å². The first-order valence-corrected chi connectivity index (χ1v) is 11.0. The number of esters is 1. The van der Waals surface area contributed by atoms with Crippen molar-refractivity contribution in [1.29, 1.82) is 5.26 Å². The van der Waals surface area contributed by atoms with E-state index in [1.54, 1.807) is 42.5 Å². The zero-order chi connectivity index (χ0) is 22.4. The van der Waals surface area contributed by atoms with E-state index in [4.69, 9.17) is 10.00 Å². The van der Waals surface area contributed by atoms with Crippen LogP contribution in [-0.4, -0.2) is 38.8 Å². The molecular formula is C21H20N4O5S. The molecule has 2 aromatic carbocycles. The maximum Gasteiger partial charge on any atom is 0.306 e. The average molecular weight is 440 g/mol. The van der Waals surface area contributed by atoms with Crippen LogP contribution in [-0.2, 0) is 24.3 Å². The standard InChI is InChI=1S/C21H20N4O5S/c1-14(21(27)24-16-10-8-15(13-22)9-11-16)30-19(26)7-4-12-23-20-17-5-2-3-6-18(17)31(28,29)25-20/h2-3,5-6,8-11,14H,4,7,12H2,1H3,(H,23,25)(H,24,27)/t14-/m1/s1. The number of ether oxygens (including phenoxy) is 1. The molecule has 2 aromatic rings. The second-order valence-corrected chi connectivity index (χ2v) is 8.40. The van der Waals surface area contributed by atoms with Crippen molar-refractivity contribution in [1.82, 2.24) is 4.72 Å². The number of carbonyl (C=O) groups excluding carboxylic acids is 2. The summed E-state index contributed by atoms with van der Waals surface area (Å²) in [7, 11) is -3.60. The highest BCUT2D eigenvalue weighted by atomic mass is 32.2. The van der Waals surface area contributed by atoms with Crippen molar-refractivity contribution in [3.8, 4) is 6.07 Å². The van der Waals surface area contributed by atoms with E-state index in [1.807, 2.05) is 6.07 Å². The van der Waals surface area contributed by atoms with Crippen molar-refractivity contribution >= 4 is 33.4 Å². The molecule has 3 rings (SSSR count). The number of nitrogens with one attached hydrogen (secondary N) is 2. The maximum absolute atomic E-state index is 12.1. The van der Waals surface area contributed by atoms with Crippen LogP contribution in [0.5, 0.6) is 0 Å². The molecule has 0 bridgehead atoms. The molecule has 1 aliphatic rings. The minimum atomic E-state index is -3.60. The number of amidine groups is 1. The van der Waals surface area contributed by atoms with Crippen LogP contribution in [0.15, 0.2) is 58.4 Å². The summed E-state index contributed by atoms with van der Waals surface area (Å²) in [6.07, 6.45) is -0.640. The Morgan fingerprint density at radius 3 is 2.61 bits per heavy atom. The highest BCUT2D eigenvalue weighted by Gasteiger charge is 2.29. The molecule has 0 spiro atoms. The number of benzene rings is 2. The van der Waals surface area contributed by atoms with Crippen molar-refractivity contribution < 1.29 is 22.7 Å². The predicted molar refractivity (Wildman–Crippen MR) is 113 cm³/mol. The van der Waals surface area contributed by atoms with Gasteiger partial charge in [-0.15, -0.1) is 0 Å². The molecular weight excluding hydrogens is 420 g/mol. The Morgan fingerprint density at radius 1 is 1.19 bits per heavy atom. The largest absolute Gasteiger partial charge is 0.453 e. The van der Waals surface area contributed by atoms with Gasteiger partial charge >= 0.3 is 5.97 Å². The SMILES string of the molecule is C[C@@H](OC(=O)CCCN=C1NS(=O)(=O)c2ccccc21)C(=O)Nc1ccc(C#N)cc1. The first kappa shape index (κ1) is 22.0. The fourth-order valence-corrected chi connectivity index (χ4v) is 4.10. The van der Waals surface area contributed by atoms with E-state index in [2.05, 4.69) is 15.0 Å². The van der Waals surface area contributed by atoms with Crippen molar-refractivity contribution in [2.75, 3.05) is 11.9 Å². The van der Waals surface area contributed by atoms with Gasteiger partial charge in [0, 0.05) is 24.2 Å². The third kappa shape index (κ3) is 5.46. The molecule has 0 fully saturated rings. The average Bonchev–Trinajstić information content (AvgIpc) is 3.02. The van der Waals surface area contributed by atoms with Crippen LogP contribution in [0, 0.1) is 11.3 Å². The predicted octanol–water partition coefficient (Wildman–Crippen LogP) is 1.95. The first-order valence-electron chi connectivity index (χ1n) is 9.47. The van der Waals surface area contributed by atoms with E-state index in [1.165, 1.54) is 13.0 Å². The van der Waals surface area contributed by atoms with Crippen LogP contribution in [0.3, 0.4) is 0 Å².